The van der Waals surface area contributed by atoms with Crippen molar-refractivity contribution in [1.82, 2.24) is 4.90 Å². The fraction of sp³-hybridized carbons (Fsp3) is 0.348. The number of aryl methyl sites for hydroxylation is 1. The van der Waals surface area contributed by atoms with E-state index in [9.17, 15) is 13.2 Å². The van der Waals surface area contributed by atoms with Crippen LogP contribution in [0.2, 0.25) is 0 Å². The number of anilines is 2. The standard InChI is InChI=1S/C23H26N2O4S/c1-2-3-6-18-9-11-19(12-10-18)25-17-22(23(26)24-13-15-29-16-14-24)30(27,28)21-8-5-4-7-20(21)25/h4-5,7-12,17H,2-3,6,13-16H2,1H3. The summed E-state index contributed by atoms with van der Waals surface area (Å²) in [6.07, 6.45) is 4.74. The number of amides is 1. The number of unbranched alkanes of at least 4 members (excludes halogenated alkanes) is 1. The summed E-state index contributed by atoms with van der Waals surface area (Å²) in [4.78, 5) is 16.4. The lowest BCUT2D eigenvalue weighted by Gasteiger charge is -2.32. The number of rotatable bonds is 5. The van der Waals surface area contributed by atoms with Gasteiger partial charge in [-0.25, -0.2) is 8.42 Å². The van der Waals surface area contributed by atoms with E-state index in [1.165, 1.54) is 11.8 Å². The number of hydrogen-bond acceptors (Lipinski definition) is 5. The van der Waals surface area contributed by atoms with Gasteiger partial charge in [0.15, 0.2) is 4.91 Å². The summed E-state index contributed by atoms with van der Waals surface area (Å²) in [6, 6.07) is 14.9. The van der Waals surface area contributed by atoms with E-state index in [1.807, 2.05) is 12.1 Å². The maximum Gasteiger partial charge on any atom is 0.267 e. The molecular weight excluding hydrogens is 400 g/mol. The van der Waals surface area contributed by atoms with Crippen LogP contribution in [0.15, 0.2) is 64.5 Å². The van der Waals surface area contributed by atoms with Crippen LogP contribution in [0, 0.1) is 0 Å². The highest BCUT2D eigenvalue weighted by atomic mass is 32.2. The number of para-hydroxylation sites is 1. The summed E-state index contributed by atoms with van der Waals surface area (Å²) in [7, 11) is -3.91. The molecule has 1 amide bonds. The third-order valence-electron chi connectivity index (χ3n) is 5.49. The van der Waals surface area contributed by atoms with Gasteiger partial charge in [0.25, 0.3) is 5.91 Å². The summed E-state index contributed by atoms with van der Waals surface area (Å²) in [5.74, 6) is -0.475. The molecule has 0 bridgehead atoms. The van der Waals surface area contributed by atoms with Crippen LogP contribution >= 0.6 is 0 Å². The molecule has 2 heterocycles. The summed E-state index contributed by atoms with van der Waals surface area (Å²) < 4.78 is 31.8. The van der Waals surface area contributed by atoms with Crippen LogP contribution in [0.4, 0.5) is 11.4 Å². The molecule has 0 radical (unpaired) electrons. The molecule has 0 N–H and O–H groups in total. The quantitative estimate of drug-likeness (QED) is 0.730. The monoisotopic (exact) mass is 426 g/mol. The molecule has 7 heteroatoms. The normalized spacial score (nSPS) is 18.0. The maximum atomic E-state index is 13.3. The summed E-state index contributed by atoms with van der Waals surface area (Å²) in [5, 5.41) is 0. The molecule has 2 aromatic carbocycles. The third kappa shape index (κ3) is 3.87. The van der Waals surface area contributed by atoms with Gasteiger partial charge >= 0.3 is 0 Å². The lowest BCUT2D eigenvalue weighted by molar-refractivity contribution is -0.130. The Hall–Kier alpha value is -2.64. The second kappa shape index (κ2) is 8.62. The van der Waals surface area contributed by atoms with Gasteiger partial charge in [-0.2, -0.15) is 0 Å². The van der Waals surface area contributed by atoms with Crippen LogP contribution in [-0.4, -0.2) is 45.5 Å². The number of carbonyl (C=O) groups excluding carboxylic acids is 1. The molecule has 2 aliphatic rings. The third-order valence-corrected chi connectivity index (χ3v) is 7.28. The highest BCUT2D eigenvalue weighted by molar-refractivity contribution is 7.96. The average Bonchev–Trinajstić information content (AvgIpc) is 2.78. The van der Waals surface area contributed by atoms with Crippen LogP contribution in [0.1, 0.15) is 25.3 Å². The van der Waals surface area contributed by atoms with E-state index in [0.29, 0.717) is 32.0 Å². The number of nitrogens with zero attached hydrogens (tertiary/aromatic N) is 2. The van der Waals surface area contributed by atoms with Gasteiger partial charge in [-0.15, -0.1) is 0 Å². The highest BCUT2D eigenvalue weighted by Crippen LogP contribution is 2.40. The molecule has 1 fully saturated rings. The number of benzene rings is 2. The number of sulfone groups is 1. The van der Waals surface area contributed by atoms with Gasteiger partial charge in [0.1, 0.15) is 0 Å². The Morgan fingerprint density at radius 2 is 1.73 bits per heavy atom. The Balaban J connectivity index is 1.75. The van der Waals surface area contributed by atoms with Crippen molar-refractivity contribution in [3.05, 3.63) is 65.2 Å². The molecule has 6 nitrogen and oxygen atoms in total. The number of carbonyl (C=O) groups is 1. The van der Waals surface area contributed by atoms with Crippen molar-refractivity contribution >= 4 is 27.1 Å². The zero-order chi connectivity index (χ0) is 21.1. The van der Waals surface area contributed by atoms with Crippen molar-refractivity contribution in [2.24, 2.45) is 0 Å². The smallest absolute Gasteiger partial charge is 0.267 e. The number of ether oxygens (including phenoxy) is 1. The Morgan fingerprint density at radius 3 is 2.43 bits per heavy atom. The molecule has 0 saturated carbocycles. The first-order valence-corrected chi connectivity index (χ1v) is 11.8. The zero-order valence-electron chi connectivity index (χ0n) is 17.1. The number of morpholine rings is 1. The molecule has 4 rings (SSSR count). The molecule has 0 atom stereocenters. The van der Waals surface area contributed by atoms with Crippen molar-refractivity contribution < 1.29 is 17.9 Å². The molecule has 158 valence electrons. The minimum Gasteiger partial charge on any atom is -0.378 e. The van der Waals surface area contributed by atoms with Gasteiger partial charge in [0, 0.05) is 25.0 Å². The summed E-state index contributed by atoms with van der Waals surface area (Å²) in [5.41, 5.74) is 2.62. The van der Waals surface area contributed by atoms with E-state index < -0.39 is 15.7 Å². The molecule has 30 heavy (non-hydrogen) atoms. The van der Waals surface area contributed by atoms with Crippen molar-refractivity contribution in [2.75, 3.05) is 31.2 Å². The Bertz CT molecular complexity index is 1050. The van der Waals surface area contributed by atoms with Gasteiger partial charge in [-0.3, -0.25) is 4.79 Å². The van der Waals surface area contributed by atoms with E-state index in [4.69, 9.17) is 4.74 Å². The first-order chi connectivity index (χ1) is 14.5. The fourth-order valence-corrected chi connectivity index (χ4v) is 5.31. The number of fused-ring (bicyclic) bond motifs is 1. The topological polar surface area (TPSA) is 66.9 Å². The highest BCUT2D eigenvalue weighted by Gasteiger charge is 2.37. The molecular formula is C23H26N2O4S. The van der Waals surface area contributed by atoms with Crippen molar-refractivity contribution in [3.8, 4) is 0 Å². The predicted molar refractivity (Wildman–Crippen MR) is 116 cm³/mol. The lowest BCUT2D eigenvalue weighted by Crippen LogP contribution is -2.43. The minimum atomic E-state index is -3.91. The fourth-order valence-electron chi connectivity index (χ4n) is 3.77. The Labute approximate surface area is 177 Å². The lowest BCUT2D eigenvalue weighted by atomic mass is 10.1. The number of hydrogen-bond donors (Lipinski definition) is 0. The van der Waals surface area contributed by atoms with Crippen LogP contribution in [-0.2, 0) is 25.8 Å². The molecule has 1 saturated heterocycles. The molecule has 0 aromatic heterocycles. The van der Waals surface area contributed by atoms with Crippen molar-refractivity contribution in [1.29, 1.82) is 0 Å². The largest absolute Gasteiger partial charge is 0.378 e. The van der Waals surface area contributed by atoms with E-state index in [0.717, 1.165) is 24.9 Å². The predicted octanol–water partition coefficient (Wildman–Crippen LogP) is 3.65. The van der Waals surface area contributed by atoms with Gasteiger partial charge < -0.3 is 14.5 Å². The zero-order valence-corrected chi connectivity index (χ0v) is 17.9. The van der Waals surface area contributed by atoms with Crippen LogP contribution in [0.5, 0.6) is 0 Å². The SMILES string of the molecule is CCCCc1ccc(N2C=C(C(=O)N3CCOCC3)S(=O)(=O)c3ccccc32)cc1. The van der Waals surface area contributed by atoms with E-state index in [-0.39, 0.29) is 9.80 Å². The average molecular weight is 427 g/mol. The molecule has 0 spiro atoms. The van der Waals surface area contributed by atoms with Gasteiger partial charge in [-0.05, 0) is 42.7 Å². The van der Waals surface area contributed by atoms with Gasteiger partial charge in [0.2, 0.25) is 9.84 Å². The van der Waals surface area contributed by atoms with Crippen molar-refractivity contribution in [3.63, 3.8) is 0 Å². The first-order valence-electron chi connectivity index (χ1n) is 10.3. The Morgan fingerprint density at radius 1 is 1.03 bits per heavy atom. The van der Waals surface area contributed by atoms with Crippen LogP contribution in [0.3, 0.4) is 0 Å². The molecule has 0 unspecified atom stereocenters. The summed E-state index contributed by atoms with van der Waals surface area (Å²) >= 11 is 0. The van der Waals surface area contributed by atoms with Crippen molar-refractivity contribution in [2.45, 2.75) is 31.1 Å². The van der Waals surface area contributed by atoms with Gasteiger partial charge in [0.05, 0.1) is 23.8 Å². The molecule has 2 aliphatic heterocycles. The van der Waals surface area contributed by atoms with E-state index in [1.54, 1.807) is 34.1 Å². The second-order valence-corrected chi connectivity index (χ2v) is 9.40. The van der Waals surface area contributed by atoms with E-state index >= 15 is 0 Å². The van der Waals surface area contributed by atoms with E-state index in [2.05, 4.69) is 19.1 Å². The molecule has 2 aromatic rings. The second-order valence-electron chi connectivity index (χ2n) is 7.51. The first kappa shape index (κ1) is 20.6. The minimum absolute atomic E-state index is 0.152. The van der Waals surface area contributed by atoms with Crippen LogP contribution < -0.4 is 4.90 Å². The Kier molecular flexibility index (Phi) is 5.92. The van der Waals surface area contributed by atoms with Crippen LogP contribution in [0.25, 0.3) is 0 Å². The maximum absolute atomic E-state index is 13.3. The summed E-state index contributed by atoms with van der Waals surface area (Å²) in [6.45, 7) is 3.77. The van der Waals surface area contributed by atoms with Gasteiger partial charge in [-0.1, -0.05) is 37.6 Å². The molecule has 0 aliphatic carbocycles.